The fraction of sp³-hybridized carbons (Fsp3) is 0.655. The summed E-state index contributed by atoms with van der Waals surface area (Å²) in [7, 11) is 0. The largest absolute Gasteiger partial charge is 0.459 e. The summed E-state index contributed by atoms with van der Waals surface area (Å²) in [6, 6.07) is 3.69. The Morgan fingerprint density at radius 2 is 1.29 bits per heavy atom. The molecule has 0 heterocycles. The van der Waals surface area contributed by atoms with Gasteiger partial charge in [-0.1, -0.05) is 47.6 Å². The van der Waals surface area contributed by atoms with Gasteiger partial charge in [0.2, 0.25) is 0 Å². The monoisotopic (exact) mass is 535 g/mol. The molecule has 0 amide bonds. The van der Waals surface area contributed by atoms with Crippen LogP contribution in [0.1, 0.15) is 86.6 Å². The maximum Gasteiger partial charge on any atom is 0.323 e. The number of hydrogen-bond donors (Lipinski definition) is 1. The lowest BCUT2D eigenvalue weighted by atomic mass is 10.1. The van der Waals surface area contributed by atoms with Gasteiger partial charge in [-0.2, -0.15) is 0 Å². The first kappa shape index (κ1) is 33.1. The molecule has 0 aliphatic rings. The van der Waals surface area contributed by atoms with E-state index in [0.717, 1.165) is 6.42 Å². The number of ether oxygens (including phenoxy) is 4. The topological polar surface area (TPSA) is 131 Å². The van der Waals surface area contributed by atoms with Gasteiger partial charge in [-0.3, -0.25) is 19.2 Å². The van der Waals surface area contributed by atoms with Crippen molar-refractivity contribution in [3.8, 4) is 11.5 Å². The van der Waals surface area contributed by atoms with Crippen LogP contribution in [0.5, 0.6) is 11.5 Å². The molecule has 0 saturated carbocycles. The molecule has 1 rings (SSSR count). The zero-order chi connectivity index (χ0) is 29.0. The van der Waals surface area contributed by atoms with Gasteiger partial charge in [0, 0.05) is 6.42 Å². The van der Waals surface area contributed by atoms with Gasteiger partial charge < -0.3 is 24.7 Å². The van der Waals surface area contributed by atoms with Crippen LogP contribution >= 0.6 is 0 Å². The number of nitrogens with two attached hydrogens (primary N) is 1. The van der Waals surface area contributed by atoms with E-state index in [-0.39, 0.29) is 35.7 Å². The van der Waals surface area contributed by atoms with Crippen LogP contribution in [0, 0.1) is 17.8 Å². The van der Waals surface area contributed by atoms with Crippen molar-refractivity contribution in [2.45, 2.75) is 106 Å². The average molecular weight is 536 g/mol. The van der Waals surface area contributed by atoms with E-state index in [1.54, 1.807) is 33.8 Å². The van der Waals surface area contributed by atoms with E-state index in [4.69, 9.17) is 24.7 Å². The summed E-state index contributed by atoms with van der Waals surface area (Å²) in [4.78, 5) is 49.4. The van der Waals surface area contributed by atoms with Crippen molar-refractivity contribution in [3.63, 3.8) is 0 Å². The molecule has 0 aromatic heterocycles. The second kappa shape index (κ2) is 16.1. The highest BCUT2D eigenvalue weighted by Crippen LogP contribution is 2.31. The number of hydrogen-bond acceptors (Lipinski definition) is 9. The zero-order valence-electron chi connectivity index (χ0n) is 24.1. The lowest BCUT2D eigenvalue weighted by molar-refractivity contribution is -0.166. The minimum atomic E-state index is -1.02. The molecule has 0 radical (unpaired) electrons. The third kappa shape index (κ3) is 11.2. The molecule has 38 heavy (non-hydrogen) atoms. The van der Waals surface area contributed by atoms with Gasteiger partial charge in [0.15, 0.2) is 11.5 Å². The fourth-order valence-electron chi connectivity index (χ4n) is 3.07. The molecule has 2 N–H and O–H groups in total. The lowest BCUT2D eigenvalue weighted by Gasteiger charge is -2.23. The molecule has 5 atom stereocenters. The molecule has 1 aromatic carbocycles. The molecule has 0 saturated heterocycles. The van der Waals surface area contributed by atoms with E-state index < -0.39 is 36.2 Å². The summed E-state index contributed by atoms with van der Waals surface area (Å²) in [5.41, 5.74) is 6.69. The summed E-state index contributed by atoms with van der Waals surface area (Å²) in [6.45, 7) is 14.6. The van der Waals surface area contributed by atoms with E-state index in [9.17, 15) is 19.2 Å². The van der Waals surface area contributed by atoms with Gasteiger partial charge in [-0.05, 0) is 63.1 Å². The Labute approximate surface area is 226 Å². The molecule has 9 nitrogen and oxygen atoms in total. The third-order valence-electron chi connectivity index (χ3n) is 6.42. The SMILES string of the molecule is CCC(C)C(=O)Oc1ccc(C[C@H](N)C(=O)O[C@@H](C)[C@H](C)OC(=O)CCC(C)C)cc1OC(=O)C(C)CC. The van der Waals surface area contributed by atoms with Crippen LogP contribution in [0.2, 0.25) is 0 Å². The Morgan fingerprint density at radius 1 is 0.763 bits per heavy atom. The van der Waals surface area contributed by atoms with Gasteiger partial charge in [0.05, 0.1) is 11.8 Å². The van der Waals surface area contributed by atoms with Crippen LogP contribution < -0.4 is 15.2 Å². The predicted octanol–water partition coefficient (Wildman–Crippen LogP) is 4.76. The molecule has 214 valence electrons. The number of carbonyl (C=O) groups is 4. The minimum absolute atomic E-state index is 0.0836. The molecular weight excluding hydrogens is 490 g/mol. The molecule has 9 heteroatoms. The van der Waals surface area contributed by atoms with Crippen molar-refractivity contribution in [3.05, 3.63) is 23.8 Å². The van der Waals surface area contributed by atoms with Crippen LogP contribution in [-0.4, -0.2) is 42.1 Å². The van der Waals surface area contributed by atoms with Crippen LogP contribution in [0.25, 0.3) is 0 Å². The number of esters is 4. The maximum atomic E-state index is 12.6. The normalized spacial score (nSPS) is 15.1. The molecule has 0 bridgehead atoms. The predicted molar refractivity (Wildman–Crippen MR) is 143 cm³/mol. The van der Waals surface area contributed by atoms with Gasteiger partial charge >= 0.3 is 23.9 Å². The van der Waals surface area contributed by atoms with Crippen molar-refractivity contribution in [1.82, 2.24) is 0 Å². The van der Waals surface area contributed by atoms with Crippen LogP contribution in [0.4, 0.5) is 0 Å². The Bertz CT molecular complexity index is 945. The Morgan fingerprint density at radius 3 is 1.82 bits per heavy atom. The van der Waals surface area contributed by atoms with Crippen LogP contribution in [0.3, 0.4) is 0 Å². The van der Waals surface area contributed by atoms with Gasteiger partial charge in [-0.25, -0.2) is 0 Å². The summed E-state index contributed by atoms with van der Waals surface area (Å²) >= 11 is 0. The molecule has 1 aromatic rings. The van der Waals surface area contributed by atoms with Crippen molar-refractivity contribution >= 4 is 23.9 Å². The van der Waals surface area contributed by atoms with E-state index >= 15 is 0 Å². The summed E-state index contributed by atoms with van der Waals surface area (Å²) in [5, 5.41) is 0. The molecule has 0 aliphatic carbocycles. The molecule has 0 fully saturated rings. The highest BCUT2D eigenvalue weighted by Gasteiger charge is 2.25. The minimum Gasteiger partial charge on any atom is -0.459 e. The first-order chi connectivity index (χ1) is 17.8. The number of carbonyl (C=O) groups excluding carboxylic acids is 4. The van der Waals surface area contributed by atoms with Gasteiger partial charge in [-0.15, -0.1) is 0 Å². The average Bonchev–Trinajstić information content (AvgIpc) is 2.87. The number of benzene rings is 1. The zero-order valence-corrected chi connectivity index (χ0v) is 24.1. The van der Waals surface area contributed by atoms with Crippen molar-refractivity contribution in [2.24, 2.45) is 23.5 Å². The highest BCUT2D eigenvalue weighted by atomic mass is 16.6. The van der Waals surface area contributed by atoms with E-state index in [0.29, 0.717) is 30.7 Å². The summed E-state index contributed by atoms with van der Waals surface area (Å²) in [6.07, 6.45) is 0.971. The maximum absolute atomic E-state index is 12.6. The van der Waals surface area contributed by atoms with Crippen LogP contribution in [0.15, 0.2) is 18.2 Å². The standard InChI is InChI=1S/C29H45NO8/c1-9-18(5)27(32)37-24-13-12-22(16-25(24)38-28(33)19(6)10-2)15-23(30)29(34)36-21(8)20(7)35-26(31)14-11-17(3)4/h12-13,16-21,23H,9-11,14-15,30H2,1-8H3/t18?,19?,20-,21-,23-/m0/s1. The van der Waals surface area contributed by atoms with E-state index in [2.05, 4.69) is 0 Å². The van der Waals surface area contributed by atoms with Crippen molar-refractivity contribution in [1.29, 1.82) is 0 Å². The molecule has 0 aliphatic heterocycles. The van der Waals surface area contributed by atoms with Crippen LogP contribution in [-0.2, 0) is 35.1 Å². The summed E-state index contributed by atoms with van der Waals surface area (Å²) < 4.78 is 21.8. The fourth-order valence-corrected chi connectivity index (χ4v) is 3.07. The van der Waals surface area contributed by atoms with Gasteiger partial charge in [0.25, 0.3) is 0 Å². The first-order valence-electron chi connectivity index (χ1n) is 13.5. The highest BCUT2D eigenvalue weighted by molar-refractivity contribution is 5.79. The Hall–Kier alpha value is -2.94. The quantitative estimate of drug-likeness (QED) is 0.249. The summed E-state index contributed by atoms with van der Waals surface area (Å²) in [5.74, 6) is -1.98. The second-order valence-corrected chi connectivity index (χ2v) is 10.3. The Balaban J connectivity index is 2.91. The van der Waals surface area contributed by atoms with Crippen molar-refractivity contribution < 1.29 is 38.1 Å². The lowest BCUT2D eigenvalue weighted by Crippen LogP contribution is -2.39. The van der Waals surface area contributed by atoms with Gasteiger partial charge in [0.1, 0.15) is 18.2 Å². The smallest absolute Gasteiger partial charge is 0.323 e. The van der Waals surface area contributed by atoms with Crippen molar-refractivity contribution in [2.75, 3.05) is 0 Å². The number of rotatable bonds is 15. The third-order valence-corrected chi connectivity index (χ3v) is 6.42. The molecule has 2 unspecified atom stereocenters. The first-order valence-corrected chi connectivity index (χ1v) is 13.5. The van der Waals surface area contributed by atoms with E-state index in [1.165, 1.54) is 12.1 Å². The molecule has 0 spiro atoms. The molecular formula is C29H45NO8. The van der Waals surface area contributed by atoms with E-state index in [1.807, 2.05) is 27.7 Å². The second-order valence-electron chi connectivity index (χ2n) is 10.3. The Kier molecular flexibility index (Phi) is 14.0.